The van der Waals surface area contributed by atoms with Crippen molar-refractivity contribution in [1.29, 1.82) is 0 Å². The summed E-state index contributed by atoms with van der Waals surface area (Å²) in [6.45, 7) is 0. The van der Waals surface area contributed by atoms with Gasteiger partial charge in [0.25, 0.3) is 0 Å². The summed E-state index contributed by atoms with van der Waals surface area (Å²) in [5.41, 5.74) is 0. The molecule has 1 N–H and O–H groups in total. The topological polar surface area (TPSA) is 37.3 Å². The maximum Gasteiger partial charge on any atom is 0.460 e. The maximum atomic E-state index is 12.8. The van der Waals surface area contributed by atoms with Gasteiger partial charge in [-0.1, -0.05) is 0 Å². The van der Waals surface area contributed by atoms with E-state index in [0.717, 1.165) is 0 Å². The van der Waals surface area contributed by atoms with E-state index in [1.165, 1.54) is 0 Å². The first-order valence-corrected chi connectivity index (χ1v) is 5.01. The van der Waals surface area contributed by atoms with Crippen molar-refractivity contribution < 1.29 is 92.2 Å². The van der Waals surface area contributed by atoms with Crippen molar-refractivity contribution in [2.75, 3.05) is 0 Å². The summed E-state index contributed by atoms with van der Waals surface area (Å²) in [5.74, 6) is -52.8. The Hall–Kier alpha value is -1.09. The third-order valence-electron chi connectivity index (χ3n) is 2.60. The van der Waals surface area contributed by atoms with Gasteiger partial charge < -0.3 is 5.11 Å². The molecule has 18 heteroatoms. The van der Waals surface area contributed by atoms with Crippen molar-refractivity contribution in [3.05, 3.63) is 0 Å². The minimum Gasteiger partial charge on any atom is -0.477 e. The van der Waals surface area contributed by atoms with E-state index in [1.807, 2.05) is 0 Å². The van der Waals surface area contributed by atoms with Gasteiger partial charge in [0.15, 0.2) is 0 Å². The fourth-order valence-electron chi connectivity index (χ4n) is 1.10. The molecule has 0 amide bonds. The molecule has 0 rings (SSSR count). The van der Waals surface area contributed by atoms with Crippen LogP contribution in [-0.4, -0.2) is 52.8 Å². The van der Waals surface area contributed by atoms with Crippen LogP contribution in [0.3, 0.4) is 0 Å². The van der Waals surface area contributed by atoms with Crippen molar-refractivity contribution in [3.63, 3.8) is 0 Å². The van der Waals surface area contributed by atoms with Crippen LogP contribution in [-0.2, 0) is 21.3 Å². The number of alkyl halides is 15. The quantitative estimate of drug-likeness (QED) is 0.458. The van der Waals surface area contributed by atoms with E-state index in [2.05, 4.69) is 0 Å². The van der Waals surface area contributed by atoms with Gasteiger partial charge in [-0.3, -0.25) is 0 Å². The number of carbonyl (C=O) groups is 1. The third kappa shape index (κ3) is 3.17. The van der Waals surface area contributed by atoms with Crippen LogP contribution in [0.25, 0.3) is 0 Å². The average Bonchev–Trinajstić information content (AvgIpc) is 2.35. The predicted molar refractivity (Wildman–Crippen MR) is 43.4 cm³/mol. The standard InChI is InChI=1S/C8HF15O2.Ni/c9-2(10,1(24)25)3(11,12)4(13,14)5(15,16)6(17,18)7(19,20)8(21,22)23;/h(H,24,25);. The molecule has 0 unspecified atom stereocenters. The molecule has 0 radical (unpaired) electrons. The number of carboxylic acids is 1. The van der Waals surface area contributed by atoms with Gasteiger partial charge >= 0.3 is 47.7 Å². The minimum absolute atomic E-state index is 0. The molecule has 2 nitrogen and oxygen atoms in total. The van der Waals surface area contributed by atoms with E-state index in [0.29, 0.717) is 0 Å². The molecule has 0 saturated carbocycles. The minimum atomic E-state index is -8.47. The molecule has 0 bridgehead atoms. The number of rotatable bonds is 6. The fraction of sp³-hybridized carbons (Fsp3) is 0.875. The zero-order chi connectivity index (χ0) is 21.1. The number of hydrogen-bond acceptors (Lipinski definition) is 1. The molecule has 26 heavy (non-hydrogen) atoms. The zero-order valence-electron chi connectivity index (χ0n) is 10.8. The van der Waals surface area contributed by atoms with E-state index in [4.69, 9.17) is 5.11 Å². The second-order valence-corrected chi connectivity index (χ2v) is 4.25. The van der Waals surface area contributed by atoms with Gasteiger partial charge in [0.2, 0.25) is 0 Å². The van der Waals surface area contributed by atoms with E-state index in [-0.39, 0.29) is 16.5 Å². The summed E-state index contributed by atoms with van der Waals surface area (Å²) in [4.78, 5) is 9.72. The number of hydrogen-bond donors (Lipinski definition) is 1. The molecule has 0 aliphatic carbocycles. The molecule has 160 valence electrons. The molecule has 0 aromatic rings. The molecular weight excluding hydrogens is 472 g/mol. The summed E-state index contributed by atoms with van der Waals surface area (Å²) in [6.07, 6.45) is -7.69. The van der Waals surface area contributed by atoms with E-state index >= 15 is 0 Å². The predicted octanol–water partition coefficient (Wildman–Crippen LogP) is 4.44. The van der Waals surface area contributed by atoms with Crippen LogP contribution in [0.4, 0.5) is 65.9 Å². The zero-order valence-corrected chi connectivity index (χ0v) is 11.8. The van der Waals surface area contributed by atoms with Crippen molar-refractivity contribution in [1.82, 2.24) is 0 Å². The Morgan fingerprint density at radius 3 is 0.962 bits per heavy atom. The van der Waals surface area contributed by atoms with Crippen molar-refractivity contribution >= 4 is 5.97 Å². The first-order valence-electron chi connectivity index (χ1n) is 5.01. The van der Waals surface area contributed by atoms with Crippen LogP contribution in [0, 0.1) is 0 Å². The van der Waals surface area contributed by atoms with Gasteiger partial charge in [-0.2, -0.15) is 65.9 Å². The van der Waals surface area contributed by atoms with Crippen LogP contribution < -0.4 is 0 Å². The van der Waals surface area contributed by atoms with E-state index in [1.54, 1.807) is 0 Å². The van der Waals surface area contributed by atoms with Crippen molar-refractivity contribution in [2.45, 2.75) is 41.7 Å². The molecule has 0 aliphatic heterocycles. The Morgan fingerprint density at radius 1 is 0.500 bits per heavy atom. The van der Waals surface area contributed by atoms with Crippen molar-refractivity contribution in [2.24, 2.45) is 0 Å². The SMILES string of the molecule is O=C(O)C(F)(F)C(F)(F)C(F)(F)C(F)(F)C(F)(F)C(F)(F)C(F)(F)F.[Ni]. The van der Waals surface area contributed by atoms with Crippen LogP contribution in [0.2, 0.25) is 0 Å². The summed E-state index contributed by atoms with van der Waals surface area (Å²) < 4.78 is 187. The normalized spacial score (nSPS) is 15.5. The smallest absolute Gasteiger partial charge is 0.460 e. The Bertz CT molecular complexity index is 536. The Morgan fingerprint density at radius 2 is 0.731 bits per heavy atom. The Labute approximate surface area is 141 Å². The van der Waals surface area contributed by atoms with Gasteiger partial charge in [-0.15, -0.1) is 0 Å². The summed E-state index contributed by atoms with van der Waals surface area (Å²) in [7, 11) is 0. The Balaban J connectivity index is 0. The van der Waals surface area contributed by atoms with Crippen LogP contribution in [0.1, 0.15) is 0 Å². The molecule has 0 atom stereocenters. The van der Waals surface area contributed by atoms with Gasteiger partial charge in [0.05, 0.1) is 0 Å². The molecule has 0 aromatic heterocycles. The van der Waals surface area contributed by atoms with E-state index in [9.17, 15) is 70.7 Å². The number of aliphatic carboxylic acids is 1. The summed E-state index contributed by atoms with van der Waals surface area (Å²) in [5, 5.41) is 7.57. The van der Waals surface area contributed by atoms with Gasteiger partial charge in [0.1, 0.15) is 0 Å². The van der Waals surface area contributed by atoms with Crippen LogP contribution in [0.15, 0.2) is 0 Å². The van der Waals surface area contributed by atoms with Gasteiger partial charge in [-0.05, 0) is 0 Å². The molecule has 0 spiro atoms. The fourth-order valence-corrected chi connectivity index (χ4v) is 1.10. The molecule has 0 saturated heterocycles. The monoisotopic (exact) mass is 472 g/mol. The third-order valence-corrected chi connectivity index (χ3v) is 2.60. The van der Waals surface area contributed by atoms with Gasteiger partial charge in [-0.25, -0.2) is 4.79 Å². The molecule has 0 heterocycles. The Kier molecular flexibility index (Phi) is 6.80. The van der Waals surface area contributed by atoms with Crippen LogP contribution in [0.5, 0.6) is 0 Å². The first-order chi connectivity index (χ1) is 10.4. The van der Waals surface area contributed by atoms with E-state index < -0.39 is 47.7 Å². The number of halogens is 15. The first kappa shape index (κ1) is 27.1. The molecular formula is C8HF15NiO2. The second kappa shape index (κ2) is 6.51. The maximum absolute atomic E-state index is 12.8. The second-order valence-electron chi connectivity index (χ2n) is 4.25. The largest absolute Gasteiger partial charge is 0.477 e. The summed E-state index contributed by atoms with van der Waals surface area (Å²) >= 11 is 0. The molecule has 0 aliphatic rings. The number of carboxylic acid groups (broad SMARTS) is 1. The summed E-state index contributed by atoms with van der Waals surface area (Å²) in [6, 6.07) is 0. The molecule has 0 aromatic carbocycles. The van der Waals surface area contributed by atoms with Gasteiger partial charge in [0, 0.05) is 16.5 Å². The van der Waals surface area contributed by atoms with Crippen molar-refractivity contribution in [3.8, 4) is 0 Å². The molecule has 0 fully saturated rings. The average molecular weight is 473 g/mol. The van der Waals surface area contributed by atoms with Crippen LogP contribution >= 0.6 is 0 Å².